The summed E-state index contributed by atoms with van der Waals surface area (Å²) in [5.74, 6) is 2.00. The van der Waals surface area contributed by atoms with Crippen LogP contribution >= 0.6 is 11.8 Å². The van der Waals surface area contributed by atoms with E-state index in [9.17, 15) is 14.7 Å². The summed E-state index contributed by atoms with van der Waals surface area (Å²) in [5.41, 5.74) is 0.641. The summed E-state index contributed by atoms with van der Waals surface area (Å²) in [7, 11) is 0. The summed E-state index contributed by atoms with van der Waals surface area (Å²) in [4.78, 5) is 28.1. The van der Waals surface area contributed by atoms with Crippen LogP contribution in [0, 0.1) is 0 Å². The van der Waals surface area contributed by atoms with Gasteiger partial charge in [0.1, 0.15) is 5.75 Å². The van der Waals surface area contributed by atoms with E-state index < -0.39 is 11.8 Å². The third-order valence-electron chi connectivity index (χ3n) is 7.20. The number of amides is 2. The molecular formula is C30H37N3O4S. The molecular weight excluding hydrogens is 498 g/mol. The molecule has 1 spiro atoms. The molecule has 1 unspecified atom stereocenters. The Hall–Kier alpha value is -3.23. The zero-order chi connectivity index (χ0) is 27.0. The van der Waals surface area contributed by atoms with Crippen molar-refractivity contribution in [2.75, 3.05) is 31.7 Å². The Balaban J connectivity index is 0.000000317. The lowest BCUT2D eigenvalue weighted by Crippen LogP contribution is -2.59. The van der Waals surface area contributed by atoms with E-state index in [1.807, 2.05) is 60.5 Å². The maximum atomic E-state index is 13.3. The largest absolute Gasteiger partial charge is 0.494 e. The normalized spacial score (nSPS) is 18.4. The van der Waals surface area contributed by atoms with Gasteiger partial charge in [0.05, 0.1) is 18.3 Å². The Morgan fingerprint density at radius 2 is 1.74 bits per heavy atom. The van der Waals surface area contributed by atoms with E-state index in [0.717, 1.165) is 30.1 Å². The second-order valence-electron chi connectivity index (χ2n) is 9.63. The Bertz CT molecular complexity index is 1210. The fourth-order valence-corrected chi connectivity index (χ4v) is 5.68. The maximum absolute atomic E-state index is 13.3. The minimum atomic E-state index is -0.885. The van der Waals surface area contributed by atoms with Crippen LogP contribution in [-0.4, -0.2) is 70.3 Å². The lowest BCUT2D eigenvalue weighted by molar-refractivity contribution is -0.134. The molecule has 2 heterocycles. The molecule has 2 N–H and O–H groups in total. The van der Waals surface area contributed by atoms with Crippen molar-refractivity contribution in [2.45, 2.75) is 44.4 Å². The molecule has 2 aliphatic rings. The van der Waals surface area contributed by atoms with E-state index in [0.29, 0.717) is 32.5 Å². The average Bonchev–Trinajstić information content (AvgIpc) is 3.18. The molecule has 2 amide bonds. The van der Waals surface area contributed by atoms with Gasteiger partial charge in [0.25, 0.3) is 0 Å². The molecule has 1 atom stereocenters. The maximum Gasteiger partial charge on any atom is 0.407 e. The number of hydrogen-bond donors (Lipinski definition) is 2. The van der Waals surface area contributed by atoms with Gasteiger partial charge < -0.3 is 19.6 Å². The summed E-state index contributed by atoms with van der Waals surface area (Å²) >= 11 is 1.74. The summed E-state index contributed by atoms with van der Waals surface area (Å²) in [6, 6.07) is 24.2. The molecule has 0 aliphatic carbocycles. The standard InChI is InChI=1S/C22H27N3O3S.C8H10O/c1-29-13-8-19-20(26)25(22(23-19)9-11-24(12-10-22)21(27)28)15-16-6-7-17-4-2-3-5-18(17)14-16;1-2-9-8-6-4-3-5-7-8/h2-7,14,19,23H,8-13,15H2,1H3,(H,27,28);3-7H,2H2,1H3. The number of piperidine rings is 1. The van der Waals surface area contributed by atoms with Gasteiger partial charge in [0.15, 0.2) is 0 Å². The van der Waals surface area contributed by atoms with E-state index in [-0.39, 0.29) is 11.9 Å². The lowest BCUT2D eigenvalue weighted by Gasteiger charge is -2.44. The Kier molecular flexibility index (Phi) is 9.53. The number of carbonyl (C=O) groups excluding carboxylic acids is 1. The first-order valence-corrected chi connectivity index (χ1v) is 14.6. The number of thioether (sulfide) groups is 1. The van der Waals surface area contributed by atoms with E-state index >= 15 is 0 Å². The van der Waals surface area contributed by atoms with Crippen molar-refractivity contribution in [3.05, 3.63) is 78.4 Å². The van der Waals surface area contributed by atoms with Crippen LogP contribution in [0.1, 0.15) is 31.7 Å². The Labute approximate surface area is 229 Å². The highest BCUT2D eigenvalue weighted by atomic mass is 32.2. The molecule has 0 saturated carbocycles. The fourth-order valence-electron chi connectivity index (χ4n) is 5.21. The van der Waals surface area contributed by atoms with Crippen LogP contribution in [0.2, 0.25) is 0 Å². The van der Waals surface area contributed by atoms with Crippen LogP contribution in [0.5, 0.6) is 5.75 Å². The van der Waals surface area contributed by atoms with E-state index in [2.05, 4.69) is 35.6 Å². The van der Waals surface area contributed by atoms with Crippen LogP contribution in [0.4, 0.5) is 4.79 Å². The predicted octanol–water partition coefficient (Wildman–Crippen LogP) is 5.45. The number of rotatable bonds is 7. The second kappa shape index (κ2) is 13.0. The molecule has 7 nitrogen and oxygen atoms in total. The highest BCUT2D eigenvalue weighted by molar-refractivity contribution is 7.98. The SMILES string of the molecule is CCOc1ccccc1.CSCCC1NC2(CCN(C(=O)O)CC2)N(Cc2ccc3ccccc3c2)C1=O. The predicted molar refractivity (Wildman–Crippen MR) is 154 cm³/mol. The minimum Gasteiger partial charge on any atom is -0.494 e. The van der Waals surface area contributed by atoms with Gasteiger partial charge >= 0.3 is 6.09 Å². The number of nitrogens with one attached hydrogen (secondary N) is 1. The van der Waals surface area contributed by atoms with Crippen LogP contribution in [-0.2, 0) is 11.3 Å². The number of benzene rings is 3. The monoisotopic (exact) mass is 535 g/mol. The van der Waals surface area contributed by atoms with E-state index in [4.69, 9.17) is 4.74 Å². The van der Waals surface area contributed by atoms with Gasteiger partial charge in [-0.25, -0.2) is 4.79 Å². The molecule has 3 aromatic rings. The number of likely N-dealkylation sites (tertiary alicyclic amines) is 1. The number of nitrogens with zero attached hydrogens (tertiary/aromatic N) is 2. The van der Waals surface area contributed by atoms with Gasteiger partial charge in [-0.15, -0.1) is 0 Å². The van der Waals surface area contributed by atoms with Gasteiger partial charge in [-0.05, 0) is 59.9 Å². The van der Waals surface area contributed by atoms with Crippen molar-refractivity contribution >= 4 is 34.5 Å². The molecule has 0 radical (unpaired) electrons. The molecule has 8 heteroatoms. The summed E-state index contributed by atoms with van der Waals surface area (Å²) in [5, 5.41) is 15.3. The Morgan fingerprint density at radius 3 is 2.39 bits per heavy atom. The number of hydrogen-bond acceptors (Lipinski definition) is 5. The van der Waals surface area contributed by atoms with Crippen molar-refractivity contribution in [3.63, 3.8) is 0 Å². The molecule has 2 aliphatic heterocycles. The van der Waals surface area contributed by atoms with Crippen molar-refractivity contribution in [2.24, 2.45) is 0 Å². The molecule has 0 aromatic heterocycles. The van der Waals surface area contributed by atoms with E-state index in [1.54, 1.807) is 11.8 Å². The molecule has 2 saturated heterocycles. The first kappa shape index (κ1) is 27.8. The number of para-hydroxylation sites is 1. The molecule has 3 aromatic carbocycles. The fraction of sp³-hybridized carbons (Fsp3) is 0.400. The van der Waals surface area contributed by atoms with Gasteiger partial charge in [0.2, 0.25) is 5.91 Å². The number of carbonyl (C=O) groups is 2. The second-order valence-corrected chi connectivity index (χ2v) is 10.6. The molecule has 5 rings (SSSR count). The van der Waals surface area contributed by atoms with Crippen molar-refractivity contribution < 1.29 is 19.4 Å². The average molecular weight is 536 g/mol. The number of carboxylic acid groups (broad SMARTS) is 1. The molecule has 202 valence electrons. The van der Waals surface area contributed by atoms with Crippen LogP contribution in [0.3, 0.4) is 0 Å². The number of ether oxygens (including phenoxy) is 1. The lowest BCUT2D eigenvalue weighted by atomic mass is 9.95. The Morgan fingerprint density at radius 1 is 1.05 bits per heavy atom. The quantitative estimate of drug-likeness (QED) is 0.419. The van der Waals surface area contributed by atoms with Gasteiger partial charge in [0, 0.05) is 32.5 Å². The number of fused-ring (bicyclic) bond motifs is 1. The van der Waals surface area contributed by atoms with Gasteiger partial charge in [-0.3, -0.25) is 10.1 Å². The first-order chi connectivity index (χ1) is 18.5. The molecule has 2 fully saturated rings. The third kappa shape index (κ3) is 6.60. The summed E-state index contributed by atoms with van der Waals surface area (Å²) in [6.07, 6.45) is 3.19. The molecule has 0 bridgehead atoms. The summed E-state index contributed by atoms with van der Waals surface area (Å²) < 4.78 is 5.21. The highest BCUT2D eigenvalue weighted by Crippen LogP contribution is 2.35. The zero-order valence-corrected chi connectivity index (χ0v) is 23.0. The van der Waals surface area contributed by atoms with Crippen molar-refractivity contribution in [1.29, 1.82) is 0 Å². The van der Waals surface area contributed by atoms with Gasteiger partial charge in [-0.2, -0.15) is 11.8 Å². The van der Waals surface area contributed by atoms with E-state index in [1.165, 1.54) is 15.7 Å². The highest BCUT2D eigenvalue weighted by Gasteiger charge is 2.51. The topological polar surface area (TPSA) is 82.1 Å². The first-order valence-electron chi connectivity index (χ1n) is 13.2. The summed E-state index contributed by atoms with van der Waals surface area (Å²) in [6.45, 7) is 4.15. The third-order valence-corrected chi connectivity index (χ3v) is 7.85. The van der Waals surface area contributed by atoms with Crippen LogP contribution in [0.15, 0.2) is 72.8 Å². The van der Waals surface area contributed by atoms with Gasteiger partial charge in [-0.1, -0.05) is 54.6 Å². The van der Waals surface area contributed by atoms with Crippen LogP contribution < -0.4 is 10.1 Å². The smallest absolute Gasteiger partial charge is 0.407 e. The minimum absolute atomic E-state index is 0.135. The molecule has 38 heavy (non-hydrogen) atoms. The van der Waals surface area contributed by atoms with Crippen molar-refractivity contribution in [1.82, 2.24) is 15.1 Å². The van der Waals surface area contributed by atoms with Crippen LogP contribution in [0.25, 0.3) is 10.8 Å². The van der Waals surface area contributed by atoms with Crippen molar-refractivity contribution in [3.8, 4) is 5.75 Å². The zero-order valence-electron chi connectivity index (χ0n) is 22.1.